The lowest BCUT2D eigenvalue weighted by Gasteiger charge is -2.15. The van der Waals surface area contributed by atoms with E-state index in [-0.39, 0.29) is 11.8 Å². The van der Waals surface area contributed by atoms with Crippen LogP contribution >= 0.6 is 11.8 Å². The fourth-order valence-corrected chi connectivity index (χ4v) is 4.66. The van der Waals surface area contributed by atoms with E-state index >= 15 is 0 Å². The van der Waals surface area contributed by atoms with Crippen molar-refractivity contribution in [1.82, 2.24) is 15.1 Å². The maximum atomic E-state index is 12.3. The van der Waals surface area contributed by atoms with E-state index < -0.39 is 0 Å². The summed E-state index contributed by atoms with van der Waals surface area (Å²) in [6, 6.07) is 10.1. The Hall–Kier alpha value is -1.82. The molecular weight excluding hydrogens is 334 g/mol. The Labute approximate surface area is 152 Å². The minimum absolute atomic E-state index is 0.0181. The average molecular weight is 357 g/mol. The summed E-state index contributed by atoms with van der Waals surface area (Å²) in [5.41, 5.74) is 1.15. The lowest BCUT2D eigenvalue weighted by Crippen LogP contribution is -2.24. The Balaban J connectivity index is 1.33. The molecule has 25 heavy (non-hydrogen) atoms. The van der Waals surface area contributed by atoms with Gasteiger partial charge in [0.25, 0.3) is 5.22 Å². The first-order valence-electron chi connectivity index (χ1n) is 9.06. The Bertz CT molecular complexity index is 712. The topological polar surface area (TPSA) is 59.2 Å². The van der Waals surface area contributed by atoms with E-state index in [0.717, 1.165) is 17.2 Å². The van der Waals surface area contributed by atoms with Crippen molar-refractivity contribution in [3.05, 3.63) is 41.8 Å². The third kappa shape index (κ3) is 4.06. The minimum atomic E-state index is 0.0181. The molecule has 1 atom stereocenters. The summed E-state index contributed by atoms with van der Waals surface area (Å²) in [6.45, 7) is 1.30. The summed E-state index contributed by atoms with van der Waals surface area (Å²) in [5.74, 6) is 2.63. The molecule has 2 aliphatic rings. The van der Waals surface area contributed by atoms with Crippen molar-refractivity contribution in [2.75, 3.05) is 12.3 Å². The fraction of sp³-hybridized carbons (Fsp3) is 0.526. The zero-order chi connectivity index (χ0) is 17.1. The van der Waals surface area contributed by atoms with Crippen LogP contribution in [0.2, 0.25) is 0 Å². The van der Waals surface area contributed by atoms with Gasteiger partial charge in [0.15, 0.2) is 0 Å². The first-order valence-corrected chi connectivity index (χ1v) is 10.0. The van der Waals surface area contributed by atoms with Crippen LogP contribution in [0.25, 0.3) is 0 Å². The molecule has 2 heterocycles. The highest BCUT2D eigenvalue weighted by Crippen LogP contribution is 2.33. The summed E-state index contributed by atoms with van der Waals surface area (Å²) in [7, 11) is 0. The van der Waals surface area contributed by atoms with Crippen molar-refractivity contribution in [3.8, 4) is 0 Å². The predicted molar refractivity (Wildman–Crippen MR) is 96.2 cm³/mol. The van der Waals surface area contributed by atoms with Crippen LogP contribution in [0.5, 0.6) is 0 Å². The molecule has 2 fully saturated rings. The highest BCUT2D eigenvalue weighted by atomic mass is 32.2. The molecule has 1 aromatic carbocycles. The monoisotopic (exact) mass is 357 g/mol. The fourth-order valence-electron chi connectivity index (χ4n) is 3.70. The van der Waals surface area contributed by atoms with Gasteiger partial charge >= 0.3 is 0 Å². The molecule has 6 heteroatoms. The minimum Gasteiger partial charge on any atom is -0.416 e. The Morgan fingerprint density at radius 2 is 1.96 bits per heavy atom. The van der Waals surface area contributed by atoms with Gasteiger partial charge in [0, 0.05) is 25.3 Å². The number of rotatable bonds is 6. The molecule has 1 amide bonds. The molecule has 2 aromatic rings. The SMILES string of the molecule is O=C1CC(c2nnc(SCC3CCCC3)o2)CN1Cc1ccccc1. The molecular formula is C19H23N3O2S. The molecule has 1 saturated heterocycles. The van der Waals surface area contributed by atoms with E-state index in [9.17, 15) is 4.79 Å². The summed E-state index contributed by atoms with van der Waals surface area (Å²) in [5, 5.41) is 9.02. The number of carbonyl (C=O) groups is 1. The smallest absolute Gasteiger partial charge is 0.276 e. The molecule has 0 spiro atoms. The normalized spacial score (nSPS) is 21.4. The van der Waals surface area contributed by atoms with E-state index in [2.05, 4.69) is 10.2 Å². The average Bonchev–Trinajstić information content (AvgIpc) is 3.36. The van der Waals surface area contributed by atoms with Gasteiger partial charge in [0.05, 0.1) is 5.92 Å². The molecule has 4 rings (SSSR count). The van der Waals surface area contributed by atoms with Gasteiger partial charge in [-0.2, -0.15) is 0 Å². The Kier molecular flexibility index (Phi) is 5.06. The molecule has 1 aliphatic heterocycles. The number of likely N-dealkylation sites (tertiary alicyclic amines) is 1. The van der Waals surface area contributed by atoms with E-state index in [0.29, 0.717) is 30.6 Å². The number of hydrogen-bond acceptors (Lipinski definition) is 5. The number of benzene rings is 1. The number of nitrogens with zero attached hydrogens (tertiary/aromatic N) is 3. The quantitative estimate of drug-likeness (QED) is 0.735. The molecule has 1 unspecified atom stereocenters. The molecule has 0 N–H and O–H groups in total. The van der Waals surface area contributed by atoms with E-state index in [1.807, 2.05) is 35.2 Å². The molecule has 0 radical (unpaired) electrons. The number of carbonyl (C=O) groups excluding carboxylic acids is 1. The van der Waals surface area contributed by atoms with Gasteiger partial charge in [-0.05, 0) is 24.3 Å². The summed E-state index contributed by atoms with van der Waals surface area (Å²) in [6.07, 6.45) is 5.80. The second kappa shape index (κ2) is 7.60. The standard InChI is InChI=1S/C19H23N3O2S/c23-17-10-16(12-22(17)11-14-6-2-1-3-7-14)18-20-21-19(24-18)25-13-15-8-4-5-9-15/h1-3,6-7,15-16H,4-5,8-13H2. The van der Waals surface area contributed by atoms with Gasteiger partial charge in [-0.1, -0.05) is 54.9 Å². The number of aromatic nitrogens is 2. The van der Waals surface area contributed by atoms with E-state index in [4.69, 9.17) is 4.42 Å². The maximum absolute atomic E-state index is 12.3. The molecule has 1 aromatic heterocycles. The van der Waals surface area contributed by atoms with Crippen LogP contribution in [0, 0.1) is 5.92 Å². The Morgan fingerprint density at radius 1 is 1.16 bits per heavy atom. The van der Waals surface area contributed by atoms with E-state index in [1.54, 1.807) is 11.8 Å². The molecule has 5 nitrogen and oxygen atoms in total. The first kappa shape index (κ1) is 16.6. The van der Waals surface area contributed by atoms with Gasteiger partial charge in [-0.3, -0.25) is 4.79 Å². The number of amides is 1. The van der Waals surface area contributed by atoms with Crippen LogP contribution in [0.4, 0.5) is 0 Å². The van der Waals surface area contributed by atoms with Crippen molar-refractivity contribution in [2.24, 2.45) is 5.92 Å². The zero-order valence-corrected chi connectivity index (χ0v) is 15.1. The molecule has 0 bridgehead atoms. The van der Waals surface area contributed by atoms with Crippen molar-refractivity contribution in [1.29, 1.82) is 0 Å². The molecule has 1 aliphatic carbocycles. The Morgan fingerprint density at radius 3 is 2.76 bits per heavy atom. The maximum Gasteiger partial charge on any atom is 0.276 e. The van der Waals surface area contributed by atoms with Gasteiger partial charge in [-0.25, -0.2) is 0 Å². The van der Waals surface area contributed by atoms with Crippen molar-refractivity contribution >= 4 is 17.7 Å². The van der Waals surface area contributed by atoms with Crippen LogP contribution < -0.4 is 0 Å². The largest absolute Gasteiger partial charge is 0.416 e. The molecule has 1 saturated carbocycles. The van der Waals surface area contributed by atoms with Crippen molar-refractivity contribution in [3.63, 3.8) is 0 Å². The van der Waals surface area contributed by atoms with Crippen molar-refractivity contribution < 1.29 is 9.21 Å². The summed E-state index contributed by atoms with van der Waals surface area (Å²) < 4.78 is 5.84. The predicted octanol–water partition coefficient (Wildman–Crippen LogP) is 3.87. The summed E-state index contributed by atoms with van der Waals surface area (Å²) in [4.78, 5) is 14.2. The van der Waals surface area contributed by atoms with Crippen LogP contribution in [-0.4, -0.2) is 33.3 Å². The van der Waals surface area contributed by atoms with Gasteiger partial charge in [0.2, 0.25) is 11.8 Å². The number of hydrogen-bond donors (Lipinski definition) is 0. The third-order valence-electron chi connectivity index (χ3n) is 5.12. The second-order valence-corrected chi connectivity index (χ2v) is 8.00. The van der Waals surface area contributed by atoms with Gasteiger partial charge < -0.3 is 9.32 Å². The summed E-state index contributed by atoms with van der Waals surface area (Å²) >= 11 is 1.66. The highest BCUT2D eigenvalue weighted by molar-refractivity contribution is 7.99. The number of thioether (sulfide) groups is 1. The van der Waals surface area contributed by atoms with Crippen LogP contribution in [0.3, 0.4) is 0 Å². The van der Waals surface area contributed by atoms with Crippen LogP contribution in [0.15, 0.2) is 40.0 Å². The molecule has 132 valence electrons. The second-order valence-electron chi connectivity index (χ2n) is 7.03. The van der Waals surface area contributed by atoms with E-state index in [1.165, 1.54) is 25.7 Å². The van der Waals surface area contributed by atoms with Gasteiger partial charge in [-0.15, -0.1) is 10.2 Å². The third-order valence-corrected chi connectivity index (χ3v) is 6.17. The zero-order valence-electron chi connectivity index (χ0n) is 14.3. The lowest BCUT2D eigenvalue weighted by molar-refractivity contribution is -0.128. The first-order chi connectivity index (χ1) is 12.3. The van der Waals surface area contributed by atoms with Crippen LogP contribution in [0.1, 0.15) is 49.5 Å². The van der Waals surface area contributed by atoms with Gasteiger partial charge in [0.1, 0.15) is 0 Å². The highest BCUT2D eigenvalue weighted by Gasteiger charge is 2.34. The van der Waals surface area contributed by atoms with Crippen LogP contribution in [-0.2, 0) is 11.3 Å². The van der Waals surface area contributed by atoms with Crippen molar-refractivity contribution in [2.45, 2.75) is 49.8 Å². The lowest BCUT2D eigenvalue weighted by atomic mass is 10.1.